The first-order chi connectivity index (χ1) is 14.3. The Balaban J connectivity index is 0.00000155. The summed E-state index contributed by atoms with van der Waals surface area (Å²) in [6.45, 7) is 10.3. The van der Waals surface area contributed by atoms with Crippen molar-refractivity contribution in [3.63, 3.8) is 0 Å². The predicted octanol–water partition coefficient (Wildman–Crippen LogP) is 6.11. The maximum atomic E-state index is 14.4. The van der Waals surface area contributed by atoms with E-state index in [-0.39, 0.29) is 11.4 Å². The number of nitrogens with one attached hydrogen (secondary N) is 2. The highest BCUT2D eigenvalue weighted by atomic mass is 32.2. The zero-order valence-corrected chi connectivity index (χ0v) is 19.8. The quantitative estimate of drug-likeness (QED) is 0.490. The van der Waals surface area contributed by atoms with Crippen LogP contribution in [0.4, 0.5) is 21.6 Å². The summed E-state index contributed by atoms with van der Waals surface area (Å²) in [5, 5.41) is 3.61. The summed E-state index contributed by atoms with van der Waals surface area (Å²) in [5.74, 6) is 1.94. The van der Waals surface area contributed by atoms with Gasteiger partial charge in [-0.15, -0.1) is 0 Å². The second-order valence-corrected chi connectivity index (χ2v) is 8.87. The first kappa shape index (κ1) is 24.1. The Bertz CT molecular complexity index is 914. The second kappa shape index (κ2) is 10.8. The highest BCUT2D eigenvalue weighted by Gasteiger charge is 2.38. The van der Waals surface area contributed by atoms with Crippen molar-refractivity contribution >= 4 is 29.1 Å². The number of benzene rings is 1. The van der Waals surface area contributed by atoms with Crippen LogP contribution < -0.4 is 20.3 Å². The molecule has 2 N–H and O–H groups in total. The van der Waals surface area contributed by atoms with Crippen LogP contribution in [0, 0.1) is 24.6 Å². The number of hydrogen-bond donors (Lipinski definition) is 2. The van der Waals surface area contributed by atoms with Crippen LogP contribution in [0.15, 0.2) is 29.1 Å². The molecule has 30 heavy (non-hydrogen) atoms. The summed E-state index contributed by atoms with van der Waals surface area (Å²) in [4.78, 5) is 12.3. The zero-order chi connectivity index (χ0) is 22.4. The van der Waals surface area contributed by atoms with E-state index in [4.69, 9.17) is 4.74 Å². The van der Waals surface area contributed by atoms with Gasteiger partial charge in [-0.2, -0.15) is 0 Å². The largest absolute Gasteiger partial charge is 0.494 e. The molecule has 166 valence electrons. The summed E-state index contributed by atoms with van der Waals surface area (Å²) in [6, 6.07) is 6.40. The minimum absolute atomic E-state index is 0.230. The molecule has 1 aromatic carbocycles. The molecule has 2 unspecified atom stereocenters. The molecule has 1 aliphatic rings. The SMILES string of the molecule is CC.COc1cc(=O)n(C)c(Nc2ccc(C)cc2F)c1NSC1CC1CC(C)C. The van der Waals surface area contributed by atoms with Gasteiger partial charge in [0.1, 0.15) is 17.3 Å². The smallest absolute Gasteiger partial charge is 0.255 e. The van der Waals surface area contributed by atoms with Crippen molar-refractivity contribution in [3.05, 3.63) is 46.0 Å². The first-order valence-electron chi connectivity index (χ1n) is 10.5. The Morgan fingerprint density at radius 2 is 2.00 bits per heavy atom. The topological polar surface area (TPSA) is 55.3 Å². The molecule has 3 rings (SSSR count). The number of rotatable bonds is 8. The molecule has 2 aromatic rings. The second-order valence-electron chi connectivity index (χ2n) is 7.83. The van der Waals surface area contributed by atoms with Gasteiger partial charge in [-0.1, -0.05) is 33.8 Å². The van der Waals surface area contributed by atoms with Crippen molar-refractivity contribution in [2.45, 2.75) is 52.7 Å². The lowest BCUT2D eigenvalue weighted by Gasteiger charge is -2.19. The van der Waals surface area contributed by atoms with Crippen LogP contribution in [0.1, 0.15) is 46.1 Å². The molecule has 0 radical (unpaired) electrons. The van der Waals surface area contributed by atoms with Crippen LogP contribution in [0.5, 0.6) is 5.75 Å². The lowest BCUT2D eigenvalue weighted by atomic mass is 10.1. The van der Waals surface area contributed by atoms with Crippen molar-refractivity contribution in [1.29, 1.82) is 0 Å². The minimum Gasteiger partial charge on any atom is -0.494 e. The number of pyridine rings is 1. The van der Waals surface area contributed by atoms with Crippen molar-refractivity contribution < 1.29 is 9.13 Å². The summed E-state index contributed by atoms with van der Waals surface area (Å²) in [6.07, 6.45) is 2.39. The number of anilines is 3. The number of aryl methyl sites for hydroxylation is 1. The Hall–Kier alpha value is -2.15. The van der Waals surface area contributed by atoms with Gasteiger partial charge in [-0.25, -0.2) is 4.39 Å². The summed E-state index contributed by atoms with van der Waals surface area (Å²) < 4.78 is 24.6. The van der Waals surface area contributed by atoms with E-state index in [1.54, 1.807) is 25.1 Å². The van der Waals surface area contributed by atoms with Gasteiger partial charge < -0.3 is 14.8 Å². The molecular weight excluding hydrogens is 401 g/mol. The third kappa shape index (κ3) is 5.94. The van der Waals surface area contributed by atoms with Gasteiger partial charge in [0.15, 0.2) is 5.75 Å². The van der Waals surface area contributed by atoms with E-state index in [9.17, 15) is 9.18 Å². The molecule has 1 fully saturated rings. The Labute approximate surface area is 183 Å². The van der Waals surface area contributed by atoms with E-state index >= 15 is 0 Å². The van der Waals surface area contributed by atoms with Crippen LogP contribution in [0.25, 0.3) is 0 Å². The molecule has 0 bridgehead atoms. The van der Waals surface area contributed by atoms with E-state index in [0.29, 0.717) is 40.0 Å². The van der Waals surface area contributed by atoms with Crippen LogP contribution >= 0.6 is 11.9 Å². The molecule has 5 nitrogen and oxygen atoms in total. The highest BCUT2D eigenvalue weighted by Crippen LogP contribution is 2.47. The molecule has 0 spiro atoms. The average Bonchev–Trinajstić information content (AvgIpc) is 3.44. The number of halogens is 1. The molecule has 7 heteroatoms. The number of aromatic nitrogens is 1. The summed E-state index contributed by atoms with van der Waals surface area (Å²) in [7, 11) is 3.18. The number of ether oxygens (including phenoxy) is 1. The number of nitrogens with zero attached hydrogens (tertiary/aromatic N) is 1. The lowest BCUT2D eigenvalue weighted by molar-refractivity contribution is 0.415. The van der Waals surface area contributed by atoms with E-state index in [1.807, 2.05) is 26.8 Å². The lowest BCUT2D eigenvalue weighted by Crippen LogP contribution is -2.20. The highest BCUT2D eigenvalue weighted by molar-refractivity contribution is 8.01. The van der Waals surface area contributed by atoms with Gasteiger partial charge >= 0.3 is 0 Å². The molecule has 0 amide bonds. The molecule has 1 aliphatic carbocycles. The fourth-order valence-electron chi connectivity index (χ4n) is 3.28. The number of methoxy groups -OCH3 is 1. The van der Waals surface area contributed by atoms with Crippen LogP contribution in [-0.2, 0) is 7.05 Å². The monoisotopic (exact) mass is 435 g/mol. The van der Waals surface area contributed by atoms with Crippen LogP contribution in [-0.4, -0.2) is 16.9 Å². The number of hydrogen-bond acceptors (Lipinski definition) is 5. The van der Waals surface area contributed by atoms with Crippen molar-refractivity contribution in [2.75, 3.05) is 17.1 Å². The van der Waals surface area contributed by atoms with Crippen molar-refractivity contribution in [1.82, 2.24) is 4.57 Å². The van der Waals surface area contributed by atoms with Crippen LogP contribution in [0.3, 0.4) is 0 Å². The standard InChI is InChI=1S/C21H28FN3O2S.C2H6/c1-12(2)8-14-10-18(14)28-24-20-17(27-5)11-19(26)25(4)21(20)23-16-7-6-13(3)9-15(16)22;1-2/h6-7,9,11-12,14,18,23-24H,8,10H2,1-5H3;1-2H3. The Kier molecular flexibility index (Phi) is 8.65. The molecule has 1 aromatic heterocycles. The van der Waals surface area contributed by atoms with Gasteiger partial charge in [0.25, 0.3) is 5.56 Å². The van der Waals surface area contributed by atoms with Gasteiger partial charge in [0.05, 0.1) is 12.8 Å². The van der Waals surface area contributed by atoms with E-state index < -0.39 is 0 Å². The normalized spacial score (nSPS) is 17.2. The van der Waals surface area contributed by atoms with Gasteiger partial charge in [0, 0.05) is 18.4 Å². The van der Waals surface area contributed by atoms with Gasteiger partial charge in [-0.05, 0) is 61.2 Å². The maximum Gasteiger partial charge on any atom is 0.255 e. The average molecular weight is 436 g/mol. The molecule has 0 aliphatic heterocycles. The summed E-state index contributed by atoms with van der Waals surface area (Å²) >= 11 is 1.64. The first-order valence-corrected chi connectivity index (χ1v) is 11.4. The van der Waals surface area contributed by atoms with E-state index in [1.165, 1.54) is 36.7 Å². The predicted molar refractivity (Wildman–Crippen MR) is 127 cm³/mol. The zero-order valence-electron chi connectivity index (χ0n) is 19.0. The third-order valence-corrected chi connectivity index (χ3v) is 6.15. The van der Waals surface area contributed by atoms with Crippen LogP contribution in [0.2, 0.25) is 0 Å². The molecule has 0 saturated heterocycles. The summed E-state index contributed by atoms with van der Waals surface area (Å²) in [5.41, 5.74) is 1.56. The van der Waals surface area contributed by atoms with E-state index in [0.717, 1.165) is 5.56 Å². The Morgan fingerprint density at radius 3 is 2.60 bits per heavy atom. The molecular formula is C23H34FN3O2S. The minimum atomic E-state index is -0.368. The fraction of sp³-hybridized carbons (Fsp3) is 0.522. The van der Waals surface area contributed by atoms with Crippen molar-refractivity contribution in [2.24, 2.45) is 18.9 Å². The maximum absolute atomic E-state index is 14.4. The fourth-order valence-corrected chi connectivity index (χ4v) is 4.40. The van der Waals surface area contributed by atoms with Crippen molar-refractivity contribution in [3.8, 4) is 5.75 Å². The third-order valence-electron chi connectivity index (χ3n) is 4.95. The molecule has 1 heterocycles. The molecule has 1 saturated carbocycles. The van der Waals surface area contributed by atoms with E-state index in [2.05, 4.69) is 23.9 Å². The molecule has 2 atom stereocenters. The van der Waals surface area contributed by atoms with Gasteiger partial charge in [-0.3, -0.25) is 9.36 Å². The van der Waals surface area contributed by atoms with Gasteiger partial charge in [0.2, 0.25) is 0 Å². The Morgan fingerprint density at radius 1 is 1.30 bits per heavy atom.